The van der Waals surface area contributed by atoms with Crippen molar-refractivity contribution in [2.24, 2.45) is 0 Å². The molecule has 16 nitrogen and oxygen atoms in total. The molecule has 0 spiro atoms. The van der Waals surface area contributed by atoms with Crippen LogP contribution in [0.1, 0.15) is 342 Å². The van der Waals surface area contributed by atoms with E-state index in [9.17, 15) is 43.5 Å². The Labute approximate surface area is 675 Å². The maximum atomic E-state index is 13.0. The van der Waals surface area contributed by atoms with Gasteiger partial charge in [-0.3, -0.25) is 32.5 Å². The zero-order valence-electron chi connectivity index (χ0n) is 69.6. The van der Waals surface area contributed by atoms with Crippen molar-refractivity contribution < 1.29 is 75.8 Å². The van der Waals surface area contributed by atoms with Crippen LogP contribution in [0.25, 0.3) is 0 Å². The molecule has 0 aliphatic heterocycles. The third kappa shape index (κ3) is 85.6. The smallest absolute Gasteiger partial charge is 0.463 e. The minimum Gasteiger partial charge on any atom is -0.463 e. The molecule has 0 radical (unpaired) electrons. The van der Waals surface area contributed by atoms with E-state index >= 15 is 0 Å². The van der Waals surface area contributed by atoms with Crippen molar-refractivity contribution in [3.63, 3.8) is 0 Å². The van der Waals surface area contributed by atoms with Gasteiger partial charge in [-0.1, -0.05) is 332 Å². The van der Waals surface area contributed by atoms with Crippen LogP contribution < -0.4 is 0 Å². The largest absolute Gasteiger partial charge is 0.472 e. The first-order valence-electron chi connectivity index (χ1n) is 43.4. The van der Waals surface area contributed by atoms with E-state index in [-0.39, 0.29) is 19.3 Å². The first kappa shape index (κ1) is 106. The number of ether oxygens (including phenoxy) is 3. The molecule has 0 saturated carbocycles. The molecule has 0 aliphatic carbocycles. The number of aliphatic hydroxyl groups excluding tert-OH is 2. The Morgan fingerprint density at radius 3 is 0.775 bits per heavy atom. The Morgan fingerprint density at radius 1 is 0.261 bits per heavy atom. The van der Waals surface area contributed by atoms with Gasteiger partial charge >= 0.3 is 33.6 Å². The summed E-state index contributed by atoms with van der Waals surface area (Å²) in [5.74, 6) is -1.65. The Balaban J connectivity index is 4.59. The number of phosphoric ester groups is 2. The van der Waals surface area contributed by atoms with Crippen LogP contribution in [0.5, 0.6) is 0 Å². The van der Waals surface area contributed by atoms with Crippen LogP contribution in [0, 0.1) is 0 Å². The van der Waals surface area contributed by atoms with Crippen molar-refractivity contribution in [2.75, 3.05) is 39.6 Å². The van der Waals surface area contributed by atoms with E-state index in [4.69, 9.17) is 32.3 Å². The minimum absolute atomic E-state index is 0.0677. The van der Waals surface area contributed by atoms with Crippen LogP contribution in [-0.2, 0) is 55.8 Å². The molecule has 0 heterocycles. The Kier molecular flexibility index (Phi) is 80.4. The van der Waals surface area contributed by atoms with Crippen LogP contribution >= 0.6 is 15.6 Å². The molecule has 18 heteroatoms. The number of carbonyl (C=O) groups is 3. The summed E-state index contributed by atoms with van der Waals surface area (Å²) in [4.78, 5) is 58.8. The number of rotatable bonds is 81. The van der Waals surface area contributed by atoms with Gasteiger partial charge in [0.15, 0.2) is 6.10 Å². The molecular weight excluding hydrogens is 1430 g/mol. The lowest BCUT2D eigenvalue weighted by Crippen LogP contribution is -2.30. The molecule has 4 N–H and O–H groups in total. The summed E-state index contributed by atoms with van der Waals surface area (Å²) in [6.07, 6.45) is 108. The van der Waals surface area contributed by atoms with Crippen molar-refractivity contribution in [1.29, 1.82) is 0 Å². The van der Waals surface area contributed by atoms with E-state index in [1.165, 1.54) is 135 Å². The minimum atomic E-state index is -4.96. The molecule has 0 aliphatic rings. The summed E-state index contributed by atoms with van der Waals surface area (Å²) in [5.41, 5.74) is 0. The molecule has 0 bridgehead atoms. The summed E-state index contributed by atoms with van der Waals surface area (Å²) in [5, 5.41) is 20.7. The highest BCUT2D eigenvalue weighted by molar-refractivity contribution is 7.47. The van der Waals surface area contributed by atoms with Gasteiger partial charge in [-0.2, -0.15) is 0 Å². The van der Waals surface area contributed by atoms with Crippen LogP contribution in [0.15, 0.2) is 170 Å². The second-order valence-corrected chi connectivity index (χ2v) is 31.5. The van der Waals surface area contributed by atoms with E-state index in [2.05, 4.69) is 191 Å². The molecule has 5 unspecified atom stereocenters. The van der Waals surface area contributed by atoms with E-state index in [1.807, 2.05) is 0 Å². The molecule has 111 heavy (non-hydrogen) atoms. The summed E-state index contributed by atoms with van der Waals surface area (Å²) in [6.45, 7) is 2.45. The van der Waals surface area contributed by atoms with Gasteiger partial charge < -0.3 is 34.2 Å². The molecule has 0 saturated heterocycles. The van der Waals surface area contributed by atoms with Gasteiger partial charge in [-0.05, 0) is 161 Å². The molecule has 0 aromatic rings. The molecular formula is C93H156O16P2. The quantitative estimate of drug-likeness (QED) is 0.0146. The molecule has 0 aromatic carbocycles. The highest BCUT2D eigenvalue weighted by Gasteiger charge is 2.29. The Hall–Kier alpha value is -5.09. The topological polar surface area (TPSA) is 231 Å². The number of hydrogen-bond acceptors (Lipinski definition) is 14. The lowest BCUT2D eigenvalue weighted by atomic mass is 10.0. The van der Waals surface area contributed by atoms with Gasteiger partial charge in [-0.15, -0.1) is 0 Å². The van der Waals surface area contributed by atoms with Crippen LogP contribution in [0.2, 0.25) is 0 Å². The number of carbonyl (C=O) groups excluding carboxylic acids is 3. The highest BCUT2D eigenvalue weighted by atomic mass is 31.2. The zero-order chi connectivity index (χ0) is 80.8. The van der Waals surface area contributed by atoms with Gasteiger partial charge in [0.2, 0.25) is 0 Å². The van der Waals surface area contributed by atoms with Crippen molar-refractivity contribution in [3.8, 4) is 0 Å². The first-order valence-corrected chi connectivity index (χ1v) is 46.4. The second-order valence-electron chi connectivity index (χ2n) is 28.6. The fourth-order valence-corrected chi connectivity index (χ4v) is 12.9. The standard InChI is InChI=1S/C93H156O16P2/c1-4-7-10-13-16-19-22-25-28-31-34-37-38-39-40-41-42-43-44-45-46-47-48-51-53-55-58-61-64-67-70-73-76-79-91(96)103-82-88(94)83-105-110(99,100)106-84-89(95)85-107-111(101,102)108-87-90(109-93(98)81-78-75-72-69-66-63-60-57-54-50-36-33-30-27-24-21-18-15-12-9-6-3)86-104-92(97)80-77-74-71-68-65-62-59-56-52-49-35-32-29-26-23-20-17-14-11-8-5-2/h8,11,16-21,25-30,34-37,39-40,49-50,56-57,59-60,65,68,88-90,94-95H,4-7,9-10,12-15,22-24,31-33,38,41-48,51-55,58,61-64,66-67,69-87H2,1-3H3,(H,99,100)(H,101,102)/b11-8-,19-16-,20-17-,21-18-,28-25-,29-26-,30-27-,37-34-,40-39-,49-35-,50-36-,59-56-,60-57-,68-65-. The third-order valence-electron chi connectivity index (χ3n) is 17.9. The average molecular weight is 1590 g/mol. The van der Waals surface area contributed by atoms with Crippen molar-refractivity contribution in [2.45, 2.75) is 360 Å². The summed E-state index contributed by atoms with van der Waals surface area (Å²) in [6, 6.07) is 0. The summed E-state index contributed by atoms with van der Waals surface area (Å²) < 4.78 is 61.3. The number of aliphatic hydroxyl groups is 2. The molecule has 5 atom stereocenters. The van der Waals surface area contributed by atoms with Crippen LogP contribution in [0.3, 0.4) is 0 Å². The summed E-state index contributed by atoms with van der Waals surface area (Å²) >= 11 is 0. The van der Waals surface area contributed by atoms with Crippen LogP contribution in [0.4, 0.5) is 0 Å². The van der Waals surface area contributed by atoms with Gasteiger partial charge in [-0.25, -0.2) is 9.13 Å². The van der Waals surface area contributed by atoms with Crippen molar-refractivity contribution in [1.82, 2.24) is 0 Å². The predicted octanol–water partition coefficient (Wildman–Crippen LogP) is 26.3. The molecule has 0 fully saturated rings. The summed E-state index contributed by atoms with van der Waals surface area (Å²) in [7, 11) is -9.83. The van der Waals surface area contributed by atoms with Gasteiger partial charge in [0, 0.05) is 19.3 Å². The first-order chi connectivity index (χ1) is 54.2. The lowest BCUT2D eigenvalue weighted by Gasteiger charge is -2.21. The van der Waals surface area contributed by atoms with E-state index in [0.717, 1.165) is 148 Å². The Bertz CT molecular complexity index is 2700. The van der Waals surface area contributed by atoms with Gasteiger partial charge in [0.05, 0.1) is 26.4 Å². The fourth-order valence-electron chi connectivity index (χ4n) is 11.3. The number of esters is 3. The number of hydrogen-bond donors (Lipinski definition) is 4. The molecule has 634 valence electrons. The van der Waals surface area contributed by atoms with Crippen LogP contribution in [-0.4, -0.2) is 95.9 Å². The normalized spacial score (nSPS) is 14.7. The Morgan fingerprint density at radius 2 is 0.477 bits per heavy atom. The zero-order valence-corrected chi connectivity index (χ0v) is 71.4. The molecule has 0 amide bonds. The molecule has 0 aromatic heterocycles. The van der Waals surface area contributed by atoms with E-state index in [0.29, 0.717) is 19.3 Å². The maximum absolute atomic E-state index is 13.0. The van der Waals surface area contributed by atoms with Gasteiger partial charge in [0.25, 0.3) is 0 Å². The van der Waals surface area contributed by atoms with E-state index in [1.54, 1.807) is 0 Å². The molecule has 0 rings (SSSR count). The maximum Gasteiger partial charge on any atom is 0.472 e. The predicted molar refractivity (Wildman–Crippen MR) is 463 cm³/mol. The number of phosphoric acid groups is 2. The average Bonchev–Trinajstić information content (AvgIpc) is 0.902. The SMILES string of the molecule is CC/C=C\C/C=C\C/C=C\C/C=C\C/C=C\C/C=C\CCCCC(=O)OCC(COP(=O)(O)OCC(O)COP(=O)(O)OCC(O)COC(=O)CCCCCCCCCCCCCCCCCCC/C=C\C/C=C\C/C=C\C/C=C\CCCCC)OC(=O)CCCCCCC/C=C\C/C=C\C/C=C\C/C=C\CCCCC. The highest BCUT2D eigenvalue weighted by Crippen LogP contribution is 2.45. The second kappa shape index (κ2) is 84.3. The van der Waals surface area contributed by atoms with Gasteiger partial charge in [0.1, 0.15) is 25.4 Å². The lowest BCUT2D eigenvalue weighted by molar-refractivity contribution is -0.161. The monoisotopic (exact) mass is 1590 g/mol. The number of allylic oxidation sites excluding steroid dienone is 28. The fraction of sp³-hybridized carbons (Fsp3) is 0.667. The number of unbranched alkanes of at least 4 members (excludes halogenated alkanes) is 30. The van der Waals surface area contributed by atoms with Crippen molar-refractivity contribution in [3.05, 3.63) is 170 Å². The van der Waals surface area contributed by atoms with E-state index < -0.39 is 91.5 Å². The van der Waals surface area contributed by atoms with Crippen molar-refractivity contribution >= 4 is 33.6 Å². The third-order valence-corrected chi connectivity index (χ3v) is 19.8.